The molecule has 0 fully saturated rings. The molecule has 0 unspecified atom stereocenters. The summed E-state index contributed by atoms with van der Waals surface area (Å²) in [5, 5.41) is 15.7. The van der Waals surface area contributed by atoms with Crippen LogP contribution in [0.25, 0.3) is 11.6 Å². The first kappa shape index (κ1) is 16.5. The quantitative estimate of drug-likeness (QED) is 0.855. The molecule has 0 amide bonds. The Kier molecular flexibility index (Phi) is 4.15. The van der Waals surface area contributed by atoms with Gasteiger partial charge in [-0.1, -0.05) is 0 Å². The van der Waals surface area contributed by atoms with Gasteiger partial charge in [0.2, 0.25) is 5.95 Å². The van der Waals surface area contributed by atoms with E-state index in [2.05, 4.69) is 31.1 Å². The Bertz CT molecular complexity index is 893. The van der Waals surface area contributed by atoms with Gasteiger partial charge in [-0.2, -0.15) is 25.3 Å². The maximum Gasteiger partial charge on any atom is 0.252 e. The number of allylic oxidation sites excluding steroid dienone is 1. The highest BCUT2D eigenvalue weighted by molar-refractivity contribution is 5.88. The molecular formula is C17H18N8. The van der Waals surface area contributed by atoms with E-state index in [0.29, 0.717) is 11.5 Å². The van der Waals surface area contributed by atoms with Crippen LogP contribution < -0.4 is 10.7 Å². The molecule has 2 aromatic heterocycles. The molecular weight excluding hydrogens is 316 g/mol. The molecule has 2 N–H and O–H groups in total. The van der Waals surface area contributed by atoms with E-state index in [1.165, 1.54) is 0 Å². The minimum Gasteiger partial charge on any atom is -0.368 e. The Hall–Kier alpha value is -3.34. The largest absolute Gasteiger partial charge is 0.368 e. The van der Waals surface area contributed by atoms with Gasteiger partial charge in [-0.15, -0.1) is 0 Å². The normalized spacial score (nSPS) is 16.5. The molecule has 0 bridgehead atoms. The average molecular weight is 334 g/mol. The maximum atomic E-state index is 9.52. The van der Waals surface area contributed by atoms with Crippen molar-refractivity contribution in [2.45, 2.75) is 32.7 Å². The average Bonchev–Trinajstić information content (AvgIpc) is 2.85. The fraction of sp³-hybridized carbons (Fsp3) is 0.294. The summed E-state index contributed by atoms with van der Waals surface area (Å²) in [6.45, 7) is 6.05. The van der Waals surface area contributed by atoms with Crippen molar-refractivity contribution in [3.8, 4) is 6.07 Å². The topological polar surface area (TPSA) is 117 Å². The summed E-state index contributed by atoms with van der Waals surface area (Å²) in [4.78, 5) is 16.7. The molecule has 25 heavy (non-hydrogen) atoms. The van der Waals surface area contributed by atoms with E-state index in [-0.39, 0.29) is 17.3 Å². The molecule has 3 rings (SSSR count). The van der Waals surface area contributed by atoms with E-state index in [4.69, 9.17) is 5.73 Å². The lowest BCUT2D eigenvalue weighted by atomic mass is 9.99. The maximum absolute atomic E-state index is 9.52. The second-order valence-corrected chi connectivity index (χ2v) is 6.40. The third-order valence-electron chi connectivity index (χ3n) is 3.74. The van der Waals surface area contributed by atoms with Crippen molar-refractivity contribution in [3.63, 3.8) is 0 Å². The Morgan fingerprint density at radius 2 is 2.00 bits per heavy atom. The summed E-state index contributed by atoms with van der Waals surface area (Å²) in [6, 6.07) is 5.70. The van der Waals surface area contributed by atoms with Crippen molar-refractivity contribution in [1.82, 2.24) is 19.9 Å². The molecule has 0 spiro atoms. The second kappa shape index (κ2) is 6.28. The summed E-state index contributed by atoms with van der Waals surface area (Å²) in [6.07, 6.45) is 5.78. The number of hydrogen-bond acceptors (Lipinski definition) is 8. The van der Waals surface area contributed by atoms with E-state index in [1.807, 2.05) is 20.8 Å². The Balaban J connectivity index is 2.05. The van der Waals surface area contributed by atoms with Crippen LogP contribution in [0.3, 0.4) is 0 Å². The van der Waals surface area contributed by atoms with Crippen LogP contribution in [-0.2, 0) is 0 Å². The number of anilines is 2. The van der Waals surface area contributed by atoms with Gasteiger partial charge in [-0.25, -0.2) is 5.01 Å². The molecule has 1 aliphatic rings. The van der Waals surface area contributed by atoms with E-state index in [0.717, 1.165) is 17.7 Å². The van der Waals surface area contributed by atoms with E-state index in [1.54, 1.807) is 35.6 Å². The minimum absolute atomic E-state index is 0.0476. The van der Waals surface area contributed by atoms with Gasteiger partial charge in [0.15, 0.2) is 5.82 Å². The lowest BCUT2D eigenvalue weighted by Gasteiger charge is -2.28. The van der Waals surface area contributed by atoms with Crippen LogP contribution in [-0.4, -0.2) is 31.2 Å². The smallest absolute Gasteiger partial charge is 0.252 e. The third kappa shape index (κ3) is 3.45. The second-order valence-electron chi connectivity index (χ2n) is 6.40. The zero-order chi connectivity index (χ0) is 18.0. The molecule has 8 nitrogen and oxygen atoms in total. The standard InChI is InChI=1S/C17H18N8/c1-11-9-17(2,3)25(24-11)16-22-14(21-15(19)23-16)13(10-18)8-12-4-6-20-7-5-12/h4-8H,9H2,1-3H3,(H2,19,21,22,23)/b13-8+. The first-order chi connectivity index (χ1) is 11.9. The molecule has 1 aliphatic heterocycles. The summed E-state index contributed by atoms with van der Waals surface area (Å²) in [5.74, 6) is 0.601. The number of hydrogen-bond donors (Lipinski definition) is 1. The van der Waals surface area contributed by atoms with Crippen molar-refractivity contribution in [1.29, 1.82) is 5.26 Å². The van der Waals surface area contributed by atoms with Crippen LogP contribution >= 0.6 is 0 Å². The molecule has 0 saturated carbocycles. The van der Waals surface area contributed by atoms with Crippen LogP contribution in [0.5, 0.6) is 0 Å². The fourth-order valence-electron chi connectivity index (χ4n) is 2.73. The Labute approximate surface area is 145 Å². The molecule has 0 aromatic carbocycles. The summed E-state index contributed by atoms with van der Waals surface area (Å²) >= 11 is 0. The molecule has 0 saturated heterocycles. The van der Waals surface area contributed by atoms with Crippen LogP contribution in [0.15, 0.2) is 29.6 Å². The number of nitrogen functional groups attached to an aromatic ring is 1. The monoisotopic (exact) mass is 334 g/mol. The minimum atomic E-state index is -0.267. The van der Waals surface area contributed by atoms with Gasteiger partial charge in [-0.3, -0.25) is 4.98 Å². The lowest BCUT2D eigenvalue weighted by molar-refractivity contribution is 0.505. The predicted octanol–water partition coefficient (Wildman–Crippen LogP) is 2.28. The molecule has 3 heterocycles. The van der Waals surface area contributed by atoms with Gasteiger partial charge < -0.3 is 5.73 Å². The molecule has 126 valence electrons. The Morgan fingerprint density at radius 1 is 1.28 bits per heavy atom. The van der Waals surface area contributed by atoms with Gasteiger partial charge in [0.1, 0.15) is 6.07 Å². The van der Waals surface area contributed by atoms with Crippen LogP contribution in [0, 0.1) is 11.3 Å². The number of rotatable bonds is 3. The summed E-state index contributed by atoms with van der Waals surface area (Å²) in [7, 11) is 0. The number of nitrogens with two attached hydrogens (primary N) is 1. The zero-order valence-corrected chi connectivity index (χ0v) is 14.3. The first-order valence-corrected chi connectivity index (χ1v) is 7.77. The molecule has 0 aliphatic carbocycles. The number of aromatic nitrogens is 4. The number of nitriles is 1. The van der Waals surface area contributed by atoms with Crippen LogP contribution in [0.2, 0.25) is 0 Å². The van der Waals surface area contributed by atoms with Crippen LogP contribution in [0.1, 0.15) is 38.6 Å². The van der Waals surface area contributed by atoms with Gasteiger partial charge in [0, 0.05) is 24.5 Å². The summed E-state index contributed by atoms with van der Waals surface area (Å²) < 4.78 is 0. The lowest BCUT2D eigenvalue weighted by Crippen LogP contribution is -2.37. The molecule has 0 atom stereocenters. The highest BCUT2D eigenvalue weighted by Crippen LogP contribution is 2.31. The van der Waals surface area contributed by atoms with E-state index >= 15 is 0 Å². The van der Waals surface area contributed by atoms with Crippen molar-refractivity contribution in [2.75, 3.05) is 10.7 Å². The van der Waals surface area contributed by atoms with E-state index in [9.17, 15) is 5.26 Å². The highest BCUT2D eigenvalue weighted by Gasteiger charge is 2.35. The van der Waals surface area contributed by atoms with Gasteiger partial charge in [0.25, 0.3) is 5.95 Å². The fourth-order valence-corrected chi connectivity index (χ4v) is 2.73. The number of hydrazone groups is 1. The molecule has 8 heteroatoms. The highest BCUT2D eigenvalue weighted by atomic mass is 15.6. The van der Waals surface area contributed by atoms with Gasteiger partial charge >= 0.3 is 0 Å². The van der Waals surface area contributed by atoms with Crippen molar-refractivity contribution >= 4 is 29.3 Å². The Morgan fingerprint density at radius 3 is 2.60 bits per heavy atom. The SMILES string of the molecule is CC1=NN(c2nc(N)nc(/C(C#N)=C/c3ccncc3)n2)C(C)(C)C1. The summed E-state index contributed by atoms with van der Waals surface area (Å²) in [5.41, 5.74) is 7.68. The van der Waals surface area contributed by atoms with Crippen LogP contribution in [0.4, 0.5) is 11.9 Å². The van der Waals surface area contributed by atoms with Crippen molar-refractivity contribution < 1.29 is 0 Å². The van der Waals surface area contributed by atoms with Gasteiger partial charge in [0.05, 0.1) is 11.1 Å². The van der Waals surface area contributed by atoms with Crippen molar-refractivity contribution in [2.24, 2.45) is 5.10 Å². The third-order valence-corrected chi connectivity index (χ3v) is 3.74. The van der Waals surface area contributed by atoms with Gasteiger partial charge in [-0.05, 0) is 44.5 Å². The molecule has 2 aromatic rings. The first-order valence-electron chi connectivity index (χ1n) is 7.77. The number of pyridine rings is 1. The number of nitrogens with zero attached hydrogens (tertiary/aromatic N) is 7. The zero-order valence-electron chi connectivity index (χ0n) is 14.3. The van der Waals surface area contributed by atoms with E-state index < -0.39 is 0 Å². The van der Waals surface area contributed by atoms with Crippen molar-refractivity contribution in [3.05, 3.63) is 35.9 Å². The molecule has 0 radical (unpaired) electrons. The predicted molar refractivity (Wildman–Crippen MR) is 96.2 cm³/mol.